The minimum absolute atomic E-state index is 0. The first-order chi connectivity index (χ1) is 12.1. The van der Waals surface area contributed by atoms with Crippen molar-refractivity contribution in [1.29, 1.82) is 0 Å². The van der Waals surface area contributed by atoms with E-state index in [1.165, 1.54) is 45.2 Å². The van der Waals surface area contributed by atoms with Gasteiger partial charge >= 0.3 is 0 Å². The van der Waals surface area contributed by atoms with Crippen LogP contribution in [-0.2, 0) is 4.74 Å². The quantitative estimate of drug-likeness (QED) is 0.359. The number of hydrogen-bond donors (Lipinski definition) is 2. The monoisotopic (exact) mass is 479 g/mol. The Morgan fingerprint density at radius 1 is 1.19 bits per heavy atom. The standard InChI is InChI=1S/C19H37N5O.HI/c1-19(2)15-25-13-12-24(19)11-9-21-18(20-3)22-16-8-10-23(14-16)17-6-4-5-7-17;/h16-17H,4-15H2,1-3H3,(H2,20,21,22);1H. The topological polar surface area (TPSA) is 52.1 Å². The molecule has 0 radical (unpaired) electrons. The van der Waals surface area contributed by atoms with Crippen molar-refractivity contribution in [3.8, 4) is 0 Å². The zero-order chi connectivity index (χ0) is 17.7. The second-order valence-corrected chi connectivity index (χ2v) is 8.41. The molecular formula is C19H38IN5O. The van der Waals surface area contributed by atoms with Crippen molar-refractivity contribution in [3.05, 3.63) is 0 Å². The Bertz CT molecular complexity index is 453. The number of nitrogens with one attached hydrogen (secondary N) is 2. The summed E-state index contributed by atoms with van der Waals surface area (Å²) in [6, 6.07) is 1.37. The highest BCUT2D eigenvalue weighted by atomic mass is 127. The molecule has 3 fully saturated rings. The second kappa shape index (κ2) is 10.4. The smallest absolute Gasteiger partial charge is 0.191 e. The molecule has 2 heterocycles. The Labute approximate surface area is 176 Å². The van der Waals surface area contributed by atoms with Gasteiger partial charge in [0.15, 0.2) is 5.96 Å². The Hall–Kier alpha value is -0.120. The maximum absolute atomic E-state index is 5.60. The molecule has 0 spiro atoms. The van der Waals surface area contributed by atoms with Crippen LogP contribution in [0.1, 0.15) is 46.0 Å². The van der Waals surface area contributed by atoms with E-state index in [0.29, 0.717) is 6.04 Å². The highest BCUT2D eigenvalue weighted by Crippen LogP contribution is 2.26. The predicted molar refractivity (Wildman–Crippen MR) is 119 cm³/mol. The lowest BCUT2D eigenvalue weighted by molar-refractivity contribution is -0.0496. The van der Waals surface area contributed by atoms with Crippen molar-refractivity contribution >= 4 is 29.9 Å². The average Bonchev–Trinajstić information content (AvgIpc) is 3.26. The lowest BCUT2D eigenvalue weighted by Crippen LogP contribution is -2.55. The van der Waals surface area contributed by atoms with E-state index < -0.39 is 0 Å². The molecule has 0 bridgehead atoms. The molecule has 2 saturated heterocycles. The number of hydrogen-bond acceptors (Lipinski definition) is 4. The van der Waals surface area contributed by atoms with E-state index in [1.807, 2.05) is 7.05 Å². The van der Waals surface area contributed by atoms with Crippen LogP contribution in [0.4, 0.5) is 0 Å². The van der Waals surface area contributed by atoms with Crippen molar-refractivity contribution in [2.75, 3.05) is 53.0 Å². The minimum Gasteiger partial charge on any atom is -0.378 e. The van der Waals surface area contributed by atoms with Crippen molar-refractivity contribution in [1.82, 2.24) is 20.4 Å². The molecule has 152 valence electrons. The van der Waals surface area contributed by atoms with E-state index in [1.54, 1.807) is 0 Å². The normalized spacial score (nSPS) is 28.1. The molecule has 0 amide bonds. The lowest BCUT2D eigenvalue weighted by Gasteiger charge is -2.42. The van der Waals surface area contributed by atoms with Gasteiger partial charge in [0, 0.05) is 57.4 Å². The Morgan fingerprint density at radius 3 is 2.65 bits per heavy atom. The summed E-state index contributed by atoms with van der Waals surface area (Å²) in [7, 11) is 1.87. The van der Waals surface area contributed by atoms with Gasteiger partial charge in [-0.1, -0.05) is 12.8 Å². The number of aliphatic imine (C=N–C) groups is 1. The molecule has 1 aliphatic carbocycles. The number of ether oxygens (including phenoxy) is 1. The highest BCUT2D eigenvalue weighted by molar-refractivity contribution is 14.0. The van der Waals surface area contributed by atoms with Crippen LogP contribution in [0.15, 0.2) is 4.99 Å². The van der Waals surface area contributed by atoms with Crippen LogP contribution in [0.5, 0.6) is 0 Å². The van der Waals surface area contributed by atoms with Gasteiger partial charge in [0.1, 0.15) is 0 Å². The van der Waals surface area contributed by atoms with Gasteiger partial charge < -0.3 is 15.4 Å². The molecule has 3 rings (SSSR count). The van der Waals surface area contributed by atoms with Crippen LogP contribution < -0.4 is 10.6 Å². The molecule has 0 aromatic rings. The van der Waals surface area contributed by atoms with Gasteiger partial charge in [-0.25, -0.2) is 0 Å². The molecule has 1 atom stereocenters. The molecule has 7 heteroatoms. The van der Waals surface area contributed by atoms with Gasteiger partial charge in [-0.15, -0.1) is 24.0 Å². The summed E-state index contributed by atoms with van der Waals surface area (Å²) >= 11 is 0. The number of morpholine rings is 1. The molecule has 6 nitrogen and oxygen atoms in total. The van der Waals surface area contributed by atoms with Crippen molar-refractivity contribution in [2.45, 2.75) is 63.6 Å². The average molecular weight is 479 g/mol. The first-order valence-electron chi connectivity index (χ1n) is 10.1. The third-order valence-corrected chi connectivity index (χ3v) is 6.12. The second-order valence-electron chi connectivity index (χ2n) is 8.41. The molecule has 3 aliphatic rings. The van der Waals surface area contributed by atoms with E-state index in [-0.39, 0.29) is 29.5 Å². The fraction of sp³-hybridized carbons (Fsp3) is 0.947. The third kappa shape index (κ3) is 5.94. The van der Waals surface area contributed by atoms with E-state index in [2.05, 4.69) is 39.3 Å². The van der Waals surface area contributed by atoms with Crippen molar-refractivity contribution < 1.29 is 4.74 Å². The number of nitrogens with zero attached hydrogens (tertiary/aromatic N) is 3. The Balaban J connectivity index is 0.00000243. The molecule has 2 aliphatic heterocycles. The summed E-state index contributed by atoms with van der Waals surface area (Å²) < 4.78 is 5.60. The van der Waals surface area contributed by atoms with Crippen LogP contribution in [0.25, 0.3) is 0 Å². The predicted octanol–water partition coefficient (Wildman–Crippen LogP) is 1.90. The van der Waals surface area contributed by atoms with Crippen LogP contribution in [0.3, 0.4) is 0 Å². The van der Waals surface area contributed by atoms with Crippen molar-refractivity contribution in [3.63, 3.8) is 0 Å². The zero-order valence-corrected chi connectivity index (χ0v) is 19.1. The summed E-state index contributed by atoms with van der Waals surface area (Å²) in [5, 5.41) is 7.14. The SMILES string of the molecule is CN=C(NCCN1CCOCC1(C)C)NC1CCN(C2CCCC2)C1.I. The van der Waals surface area contributed by atoms with Crippen LogP contribution in [0, 0.1) is 0 Å². The molecule has 1 saturated carbocycles. The van der Waals surface area contributed by atoms with Gasteiger partial charge in [0.05, 0.1) is 13.2 Å². The van der Waals surface area contributed by atoms with Crippen molar-refractivity contribution in [2.24, 2.45) is 4.99 Å². The summed E-state index contributed by atoms with van der Waals surface area (Å²) in [5.41, 5.74) is 0.129. The number of halogens is 1. The van der Waals surface area contributed by atoms with Crippen LogP contribution in [0.2, 0.25) is 0 Å². The maximum atomic E-state index is 5.60. The largest absolute Gasteiger partial charge is 0.378 e. The van der Waals surface area contributed by atoms with E-state index in [4.69, 9.17) is 4.74 Å². The maximum Gasteiger partial charge on any atom is 0.191 e. The lowest BCUT2D eigenvalue weighted by atomic mass is 10.0. The van der Waals surface area contributed by atoms with Gasteiger partial charge in [0.2, 0.25) is 0 Å². The van der Waals surface area contributed by atoms with Crippen LogP contribution >= 0.6 is 24.0 Å². The van der Waals surface area contributed by atoms with Gasteiger partial charge in [0.25, 0.3) is 0 Å². The molecule has 0 aromatic heterocycles. The molecule has 0 aromatic carbocycles. The summed E-state index contributed by atoms with van der Waals surface area (Å²) in [6.07, 6.45) is 6.86. The van der Waals surface area contributed by atoms with Crippen LogP contribution in [-0.4, -0.2) is 86.4 Å². The Kier molecular flexibility index (Phi) is 8.90. The van der Waals surface area contributed by atoms with Gasteiger partial charge in [-0.05, 0) is 33.1 Å². The van der Waals surface area contributed by atoms with E-state index in [9.17, 15) is 0 Å². The zero-order valence-electron chi connectivity index (χ0n) is 16.8. The molecule has 2 N–H and O–H groups in total. The van der Waals surface area contributed by atoms with Gasteiger partial charge in [-0.3, -0.25) is 14.8 Å². The minimum atomic E-state index is 0. The van der Waals surface area contributed by atoms with E-state index >= 15 is 0 Å². The highest BCUT2D eigenvalue weighted by Gasteiger charge is 2.31. The third-order valence-electron chi connectivity index (χ3n) is 6.12. The Morgan fingerprint density at radius 2 is 1.96 bits per heavy atom. The number of likely N-dealkylation sites (tertiary alicyclic amines) is 1. The van der Waals surface area contributed by atoms with Gasteiger partial charge in [-0.2, -0.15) is 0 Å². The first-order valence-corrected chi connectivity index (χ1v) is 10.1. The molecule has 1 unspecified atom stereocenters. The number of guanidine groups is 1. The first kappa shape index (κ1) is 22.2. The molecular weight excluding hydrogens is 441 g/mol. The summed E-state index contributed by atoms with van der Waals surface area (Å²) in [6.45, 7) is 11.5. The summed E-state index contributed by atoms with van der Waals surface area (Å²) in [5.74, 6) is 0.948. The number of rotatable bonds is 5. The van der Waals surface area contributed by atoms with E-state index in [0.717, 1.165) is 44.8 Å². The summed E-state index contributed by atoms with van der Waals surface area (Å²) in [4.78, 5) is 9.62. The molecule has 26 heavy (non-hydrogen) atoms. The fourth-order valence-electron chi connectivity index (χ4n) is 4.51. The fourth-order valence-corrected chi connectivity index (χ4v) is 4.51.